The molecule has 32 heavy (non-hydrogen) atoms. The standard InChI is InChI=1S/C19H18ClN5O6S/c1-31-17-5-2-12(10-16(17)25(29)30)18(26)21-19(32)23-8-6-22(7-9-23)15-4-3-13(24(27)28)11-14(15)20/h2-5,10-11H,6-9H2,1H3,(H,21,26,32). The van der Waals surface area contributed by atoms with Gasteiger partial charge in [-0.05, 0) is 30.4 Å². The van der Waals surface area contributed by atoms with Crippen LogP contribution in [0.5, 0.6) is 5.75 Å². The summed E-state index contributed by atoms with van der Waals surface area (Å²) in [4.78, 5) is 37.2. The number of nitrogens with one attached hydrogen (secondary N) is 1. The Morgan fingerprint density at radius 3 is 2.34 bits per heavy atom. The van der Waals surface area contributed by atoms with Crippen LogP contribution in [0.4, 0.5) is 17.1 Å². The molecule has 0 radical (unpaired) electrons. The molecule has 13 heteroatoms. The van der Waals surface area contributed by atoms with Gasteiger partial charge in [-0.1, -0.05) is 11.6 Å². The summed E-state index contributed by atoms with van der Waals surface area (Å²) in [5.41, 5.74) is 0.355. The number of amides is 1. The molecule has 1 fully saturated rings. The molecular formula is C19H18ClN5O6S. The van der Waals surface area contributed by atoms with E-state index >= 15 is 0 Å². The van der Waals surface area contributed by atoms with Crippen molar-refractivity contribution in [3.05, 3.63) is 67.2 Å². The molecule has 1 aliphatic rings. The number of ether oxygens (including phenoxy) is 1. The van der Waals surface area contributed by atoms with Crippen molar-refractivity contribution in [1.82, 2.24) is 10.2 Å². The maximum Gasteiger partial charge on any atom is 0.311 e. The van der Waals surface area contributed by atoms with Gasteiger partial charge in [-0.15, -0.1) is 0 Å². The smallest absolute Gasteiger partial charge is 0.311 e. The normalized spacial score (nSPS) is 13.4. The van der Waals surface area contributed by atoms with Crippen LogP contribution in [0.2, 0.25) is 5.02 Å². The first-order chi connectivity index (χ1) is 15.2. The van der Waals surface area contributed by atoms with Crippen molar-refractivity contribution in [2.75, 3.05) is 38.2 Å². The summed E-state index contributed by atoms with van der Waals surface area (Å²) < 4.78 is 4.94. The van der Waals surface area contributed by atoms with E-state index in [1.807, 2.05) is 4.90 Å². The number of piperazine rings is 1. The molecule has 2 aromatic rings. The molecule has 0 spiro atoms. The van der Waals surface area contributed by atoms with Crippen molar-refractivity contribution in [3.63, 3.8) is 0 Å². The lowest BCUT2D eigenvalue weighted by Gasteiger charge is -2.37. The van der Waals surface area contributed by atoms with Crippen LogP contribution in [0.1, 0.15) is 10.4 Å². The molecule has 1 heterocycles. The average Bonchev–Trinajstić information content (AvgIpc) is 2.78. The Kier molecular flexibility index (Phi) is 7.05. The number of benzene rings is 2. The quantitative estimate of drug-likeness (QED) is 0.390. The summed E-state index contributed by atoms with van der Waals surface area (Å²) in [5, 5.41) is 25.1. The minimum absolute atomic E-state index is 0.0511. The molecule has 2 aromatic carbocycles. The number of carbonyl (C=O) groups is 1. The lowest BCUT2D eigenvalue weighted by Crippen LogP contribution is -2.52. The molecule has 1 saturated heterocycles. The summed E-state index contributed by atoms with van der Waals surface area (Å²) in [7, 11) is 1.31. The molecule has 0 unspecified atom stereocenters. The van der Waals surface area contributed by atoms with Gasteiger partial charge in [0.2, 0.25) is 0 Å². The predicted octanol–water partition coefficient (Wildman–Crippen LogP) is 3.00. The maximum atomic E-state index is 12.5. The summed E-state index contributed by atoms with van der Waals surface area (Å²) in [6, 6.07) is 8.20. The van der Waals surface area contributed by atoms with Crippen LogP contribution in [0, 0.1) is 20.2 Å². The van der Waals surface area contributed by atoms with E-state index in [1.54, 1.807) is 11.0 Å². The lowest BCUT2D eigenvalue weighted by atomic mass is 10.1. The fourth-order valence-electron chi connectivity index (χ4n) is 3.24. The molecule has 1 aliphatic heterocycles. The maximum absolute atomic E-state index is 12.5. The number of non-ortho nitro benzene ring substituents is 1. The van der Waals surface area contributed by atoms with Gasteiger partial charge in [-0.25, -0.2) is 0 Å². The van der Waals surface area contributed by atoms with Crippen molar-refractivity contribution in [3.8, 4) is 5.75 Å². The van der Waals surface area contributed by atoms with Crippen LogP contribution < -0.4 is 15.0 Å². The Hall–Kier alpha value is -3.51. The van der Waals surface area contributed by atoms with Crippen molar-refractivity contribution in [2.24, 2.45) is 0 Å². The fraction of sp³-hybridized carbons (Fsp3) is 0.263. The first-order valence-electron chi connectivity index (χ1n) is 9.33. The first kappa shape index (κ1) is 23.2. The van der Waals surface area contributed by atoms with Gasteiger partial charge < -0.3 is 14.5 Å². The topological polar surface area (TPSA) is 131 Å². The molecule has 0 aromatic heterocycles. The van der Waals surface area contributed by atoms with Crippen LogP contribution >= 0.6 is 23.8 Å². The molecule has 3 rings (SSSR count). The van der Waals surface area contributed by atoms with Crippen LogP contribution in [0.3, 0.4) is 0 Å². The van der Waals surface area contributed by atoms with Crippen molar-refractivity contribution in [1.29, 1.82) is 0 Å². The zero-order valence-electron chi connectivity index (χ0n) is 16.8. The summed E-state index contributed by atoms with van der Waals surface area (Å²) >= 11 is 11.5. The molecule has 1 amide bonds. The fourth-order valence-corrected chi connectivity index (χ4v) is 3.81. The Bertz CT molecular complexity index is 1090. The average molecular weight is 480 g/mol. The number of nitro groups is 2. The highest BCUT2D eigenvalue weighted by Crippen LogP contribution is 2.30. The largest absolute Gasteiger partial charge is 0.490 e. The summed E-state index contributed by atoms with van der Waals surface area (Å²) in [6.07, 6.45) is 0. The third-order valence-corrected chi connectivity index (χ3v) is 5.57. The molecular weight excluding hydrogens is 462 g/mol. The number of hydrogen-bond acceptors (Lipinski definition) is 8. The number of methoxy groups -OCH3 is 1. The molecule has 0 bridgehead atoms. The second kappa shape index (κ2) is 9.75. The number of hydrogen-bond donors (Lipinski definition) is 1. The van der Waals surface area contributed by atoms with Crippen molar-refractivity contribution in [2.45, 2.75) is 0 Å². The van der Waals surface area contributed by atoms with Crippen LogP contribution in [-0.2, 0) is 0 Å². The number of carbonyl (C=O) groups excluding carboxylic acids is 1. The van der Waals surface area contributed by atoms with Gasteiger partial charge in [0.15, 0.2) is 10.9 Å². The molecule has 1 N–H and O–H groups in total. The number of nitrogens with zero attached hydrogens (tertiary/aromatic N) is 4. The third kappa shape index (κ3) is 5.03. The predicted molar refractivity (Wildman–Crippen MR) is 122 cm³/mol. The first-order valence-corrected chi connectivity index (χ1v) is 10.1. The Labute approximate surface area is 192 Å². The SMILES string of the molecule is COc1ccc(C(=O)NC(=S)N2CCN(c3ccc([N+](=O)[O-])cc3Cl)CC2)cc1[N+](=O)[O-]. The summed E-state index contributed by atoms with van der Waals surface area (Å²) in [6.45, 7) is 2.02. The molecule has 11 nitrogen and oxygen atoms in total. The highest BCUT2D eigenvalue weighted by molar-refractivity contribution is 7.80. The zero-order valence-corrected chi connectivity index (χ0v) is 18.4. The van der Waals surface area contributed by atoms with Gasteiger partial charge in [0.05, 0.1) is 27.7 Å². The Morgan fingerprint density at radius 1 is 1.09 bits per heavy atom. The second-order valence-electron chi connectivity index (χ2n) is 6.77. The summed E-state index contributed by atoms with van der Waals surface area (Å²) in [5.74, 6) is -0.517. The van der Waals surface area contributed by atoms with E-state index in [4.69, 9.17) is 28.6 Å². The number of rotatable bonds is 5. The molecule has 0 saturated carbocycles. The van der Waals surface area contributed by atoms with Crippen molar-refractivity contribution < 1.29 is 19.4 Å². The molecule has 0 atom stereocenters. The highest BCUT2D eigenvalue weighted by Gasteiger charge is 2.24. The Balaban J connectivity index is 1.61. The van der Waals surface area contributed by atoms with E-state index < -0.39 is 15.8 Å². The van der Waals surface area contributed by atoms with Crippen LogP contribution in [0.25, 0.3) is 0 Å². The van der Waals surface area contributed by atoms with Gasteiger partial charge in [0, 0.05) is 49.9 Å². The van der Waals surface area contributed by atoms with Gasteiger partial charge in [0.1, 0.15) is 0 Å². The van der Waals surface area contributed by atoms with E-state index in [0.717, 1.165) is 6.07 Å². The second-order valence-corrected chi connectivity index (χ2v) is 7.56. The number of thiocarbonyl (C=S) groups is 1. The molecule has 168 valence electrons. The van der Waals surface area contributed by atoms with Gasteiger partial charge >= 0.3 is 5.69 Å². The monoisotopic (exact) mass is 479 g/mol. The van der Waals surface area contributed by atoms with E-state index in [-0.39, 0.29) is 32.8 Å². The third-order valence-electron chi connectivity index (χ3n) is 4.91. The highest BCUT2D eigenvalue weighted by atomic mass is 35.5. The van der Waals surface area contributed by atoms with E-state index in [9.17, 15) is 25.0 Å². The van der Waals surface area contributed by atoms with E-state index in [1.165, 1.54) is 31.4 Å². The van der Waals surface area contributed by atoms with Gasteiger partial charge in [-0.2, -0.15) is 0 Å². The van der Waals surface area contributed by atoms with E-state index in [2.05, 4.69) is 5.32 Å². The number of nitro benzene ring substituents is 2. The zero-order chi connectivity index (χ0) is 23.4. The molecule has 0 aliphatic carbocycles. The minimum atomic E-state index is -0.628. The minimum Gasteiger partial charge on any atom is -0.490 e. The van der Waals surface area contributed by atoms with Crippen LogP contribution in [-0.4, -0.2) is 59.1 Å². The van der Waals surface area contributed by atoms with Gasteiger partial charge in [-0.3, -0.25) is 30.3 Å². The van der Waals surface area contributed by atoms with Gasteiger partial charge in [0.25, 0.3) is 11.6 Å². The Morgan fingerprint density at radius 2 is 1.78 bits per heavy atom. The van der Waals surface area contributed by atoms with Crippen molar-refractivity contribution >= 4 is 51.9 Å². The van der Waals surface area contributed by atoms with E-state index in [0.29, 0.717) is 31.9 Å². The number of halogens is 1. The lowest BCUT2D eigenvalue weighted by molar-refractivity contribution is -0.385. The number of anilines is 1. The van der Waals surface area contributed by atoms with Crippen LogP contribution in [0.15, 0.2) is 36.4 Å².